The zero-order chi connectivity index (χ0) is 36.3. The molecule has 1 aromatic carbocycles. The van der Waals surface area contributed by atoms with E-state index in [1.54, 1.807) is 0 Å². The first-order valence-corrected chi connectivity index (χ1v) is 20.7. The molecule has 2 aromatic rings. The third-order valence-electron chi connectivity index (χ3n) is 10.6. The number of rotatable bonds is 9. The van der Waals surface area contributed by atoms with Gasteiger partial charge in [0.2, 0.25) is 21.8 Å². The Hall–Kier alpha value is -4.24. The second-order valence-electron chi connectivity index (χ2n) is 14.4. The number of oxime groups is 1. The Morgan fingerprint density at radius 2 is 1.77 bits per heavy atom. The Labute approximate surface area is 307 Å². The number of allylic oxidation sites excluding steroid dienone is 1. The molecule has 278 valence electrons. The van der Waals surface area contributed by atoms with Crippen molar-refractivity contribution >= 4 is 50.9 Å². The molecule has 2 aliphatic heterocycles. The van der Waals surface area contributed by atoms with Gasteiger partial charge in [0.15, 0.2) is 0 Å². The van der Waals surface area contributed by atoms with E-state index in [4.69, 9.17) is 9.57 Å². The van der Waals surface area contributed by atoms with Gasteiger partial charge in [-0.15, -0.1) is 11.3 Å². The van der Waals surface area contributed by atoms with Crippen LogP contribution in [0.25, 0.3) is 0 Å². The highest BCUT2D eigenvalue weighted by atomic mass is 32.2. The number of sulfonamides is 1. The Kier molecular flexibility index (Phi) is 10.7. The van der Waals surface area contributed by atoms with Crippen LogP contribution in [0.4, 0.5) is 4.79 Å². The van der Waals surface area contributed by atoms with Crippen molar-refractivity contribution in [1.82, 2.24) is 20.3 Å². The number of nitrogens with zero attached hydrogens (tertiary/aromatic N) is 2. The molecule has 1 aromatic heterocycles. The van der Waals surface area contributed by atoms with Gasteiger partial charge in [0, 0.05) is 17.9 Å². The number of carbonyl (C=O) groups is 4. The van der Waals surface area contributed by atoms with E-state index in [9.17, 15) is 27.6 Å². The standard InChI is InChI=1S/C37H45N5O8S2/c43-33-30-21-27(50-40-32(31-17-10-20-51-31)24-11-5-4-6-12-24)23-42(30)34(44)29(38-36(46)49-26-14-9-15-26)16-8-3-1-2-7-13-25-22-37(25,39-33)35(45)41-52(47,48)28-18-19-28/h4-7,10-13,17,20,25-30H,1-3,8-9,14-16,18-19,21-23H2,(H,38,46)(H,39,43)(H,41,45)/b13-7-,40-32+/t25-,27-,29+,30+,37?/m1/s1. The summed E-state index contributed by atoms with van der Waals surface area (Å²) in [4.78, 5) is 63.7. The van der Waals surface area contributed by atoms with Gasteiger partial charge in [0.25, 0.3) is 5.91 Å². The van der Waals surface area contributed by atoms with E-state index in [1.807, 2.05) is 60.0 Å². The summed E-state index contributed by atoms with van der Waals surface area (Å²) >= 11 is 1.50. The molecular formula is C37H45N5O8S2. The SMILES string of the molecule is O=C(N[C@H]1CCCCC/C=C\[C@@H]2CC2(C(=O)NS(=O)(=O)C2CC2)NC(=O)[C@@H]2C[C@@H](O/N=C(\c3ccccc3)c3cccs3)CN2C1=O)OC1CCC1. The average molecular weight is 752 g/mol. The van der Waals surface area contributed by atoms with Crippen molar-refractivity contribution in [2.45, 2.75) is 112 Å². The quantitative estimate of drug-likeness (QED) is 0.195. The van der Waals surface area contributed by atoms with Gasteiger partial charge >= 0.3 is 6.09 Å². The third kappa shape index (κ3) is 8.20. The maximum absolute atomic E-state index is 14.4. The van der Waals surface area contributed by atoms with E-state index in [-0.39, 0.29) is 25.5 Å². The van der Waals surface area contributed by atoms with Crippen LogP contribution in [-0.4, -0.2) is 84.5 Å². The number of nitrogens with one attached hydrogen (secondary N) is 3. The average Bonchev–Trinajstić information content (AvgIpc) is 3.98. The molecule has 1 unspecified atom stereocenters. The predicted octanol–water partition coefficient (Wildman–Crippen LogP) is 4.14. The molecule has 3 aliphatic carbocycles. The van der Waals surface area contributed by atoms with Gasteiger partial charge < -0.3 is 25.1 Å². The highest BCUT2D eigenvalue weighted by Gasteiger charge is 2.62. The zero-order valence-electron chi connectivity index (χ0n) is 28.9. The molecule has 0 radical (unpaired) electrons. The lowest BCUT2D eigenvalue weighted by Gasteiger charge is -2.30. The lowest BCUT2D eigenvalue weighted by atomic mass is 9.96. The number of thiophene rings is 1. The summed E-state index contributed by atoms with van der Waals surface area (Å²) in [6.07, 6.45) is 9.39. The number of alkyl carbamates (subject to hydrolysis) is 1. The number of carbonyl (C=O) groups excluding carboxylic acids is 4. The smallest absolute Gasteiger partial charge is 0.408 e. The summed E-state index contributed by atoms with van der Waals surface area (Å²) in [5.74, 6) is -2.25. The fourth-order valence-electron chi connectivity index (χ4n) is 7.03. The van der Waals surface area contributed by atoms with E-state index in [0.29, 0.717) is 37.8 Å². The number of ether oxygens (including phenoxy) is 1. The minimum Gasteiger partial charge on any atom is -0.446 e. The van der Waals surface area contributed by atoms with Crippen LogP contribution in [0, 0.1) is 5.92 Å². The second-order valence-corrected chi connectivity index (χ2v) is 17.3. The van der Waals surface area contributed by atoms with Gasteiger partial charge in [-0.05, 0) is 69.2 Å². The summed E-state index contributed by atoms with van der Waals surface area (Å²) in [7, 11) is -3.87. The molecule has 0 spiro atoms. The molecule has 52 heavy (non-hydrogen) atoms. The third-order valence-corrected chi connectivity index (χ3v) is 13.3. The first kappa shape index (κ1) is 36.1. The Bertz CT molecular complexity index is 1810. The van der Waals surface area contributed by atoms with Gasteiger partial charge in [-0.2, -0.15) is 0 Å². The molecule has 13 nitrogen and oxygen atoms in total. The monoisotopic (exact) mass is 751 g/mol. The largest absolute Gasteiger partial charge is 0.446 e. The predicted molar refractivity (Wildman–Crippen MR) is 194 cm³/mol. The molecule has 3 N–H and O–H groups in total. The van der Waals surface area contributed by atoms with Crippen molar-refractivity contribution in [3.8, 4) is 0 Å². The number of hydrogen-bond donors (Lipinski definition) is 3. The molecule has 1 saturated heterocycles. The van der Waals surface area contributed by atoms with E-state index in [1.165, 1.54) is 16.2 Å². The van der Waals surface area contributed by atoms with Crippen LogP contribution >= 0.6 is 11.3 Å². The van der Waals surface area contributed by atoms with Gasteiger partial charge in [-0.25, -0.2) is 13.2 Å². The summed E-state index contributed by atoms with van der Waals surface area (Å²) < 4.78 is 33.4. The van der Waals surface area contributed by atoms with Gasteiger partial charge in [0.1, 0.15) is 35.5 Å². The molecule has 3 heterocycles. The molecule has 4 amide bonds. The molecule has 0 bridgehead atoms. The van der Waals surface area contributed by atoms with Crippen molar-refractivity contribution in [1.29, 1.82) is 0 Å². The maximum atomic E-state index is 14.4. The van der Waals surface area contributed by atoms with E-state index >= 15 is 0 Å². The van der Waals surface area contributed by atoms with E-state index < -0.39 is 68.7 Å². The van der Waals surface area contributed by atoms with Crippen molar-refractivity contribution in [3.63, 3.8) is 0 Å². The Balaban J connectivity index is 1.16. The molecule has 5 atom stereocenters. The summed E-state index contributed by atoms with van der Waals surface area (Å²) in [5, 5.41) is 11.5. The number of amides is 4. The van der Waals surface area contributed by atoms with Gasteiger partial charge in [-0.1, -0.05) is 66.5 Å². The lowest BCUT2D eigenvalue weighted by molar-refractivity contribution is -0.141. The molecule has 15 heteroatoms. The van der Waals surface area contributed by atoms with Crippen molar-refractivity contribution in [3.05, 3.63) is 70.4 Å². The Morgan fingerprint density at radius 3 is 2.48 bits per heavy atom. The number of hydrogen-bond acceptors (Lipinski definition) is 10. The molecule has 4 fully saturated rings. The number of fused-ring (bicyclic) bond motifs is 2. The van der Waals surface area contributed by atoms with Crippen molar-refractivity contribution < 1.29 is 37.2 Å². The maximum Gasteiger partial charge on any atom is 0.408 e. The van der Waals surface area contributed by atoms with Crippen LogP contribution in [0.15, 0.2) is 65.2 Å². The minimum absolute atomic E-state index is 0.00136. The van der Waals surface area contributed by atoms with Gasteiger partial charge in [0.05, 0.1) is 16.7 Å². The first-order valence-electron chi connectivity index (χ1n) is 18.3. The van der Waals surface area contributed by atoms with Crippen LogP contribution in [0.5, 0.6) is 0 Å². The highest BCUT2D eigenvalue weighted by molar-refractivity contribution is 7.91. The van der Waals surface area contributed by atoms with Gasteiger partial charge in [-0.3, -0.25) is 19.1 Å². The number of benzene rings is 1. The molecule has 7 rings (SSSR count). The summed E-state index contributed by atoms with van der Waals surface area (Å²) in [6.45, 7) is 0.00136. The fraction of sp³-hybridized carbons (Fsp3) is 0.541. The zero-order valence-corrected chi connectivity index (χ0v) is 30.5. The van der Waals surface area contributed by atoms with Crippen molar-refractivity contribution in [2.24, 2.45) is 11.1 Å². The molecule has 5 aliphatic rings. The summed E-state index contributed by atoms with van der Waals surface area (Å²) in [5.41, 5.74) is -0.0391. The van der Waals surface area contributed by atoms with Crippen LogP contribution in [0.3, 0.4) is 0 Å². The van der Waals surface area contributed by atoms with Crippen LogP contribution in [-0.2, 0) is 34.0 Å². The van der Waals surface area contributed by atoms with Crippen LogP contribution in [0.2, 0.25) is 0 Å². The molecular weight excluding hydrogens is 707 g/mol. The van der Waals surface area contributed by atoms with E-state index in [2.05, 4.69) is 20.5 Å². The fourth-order valence-corrected chi connectivity index (χ4v) is 9.12. The van der Waals surface area contributed by atoms with Crippen molar-refractivity contribution in [2.75, 3.05) is 6.54 Å². The van der Waals surface area contributed by atoms with E-state index in [0.717, 1.165) is 42.5 Å². The highest BCUT2D eigenvalue weighted by Crippen LogP contribution is 2.46. The normalized spacial score (nSPS) is 29.2. The summed E-state index contributed by atoms with van der Waals surface area (Å²) in [6, 6.07) is 11.4. The topological polar surface area (TPSA) is 173 Å². The Morgan fingerprint density at radius 1 is 0.962 bits per heavy atom. The minimum atomic E-state index is -3.87. The van der Waals surface area contributed by atoms with Crippen LogP contribution in [0.1, 0.15) is 87.5 Å². The molecule has 3 saturated carbocycles. The second kappa shape index (κ2) is 15.4. The lowest BCUT2D eigenvalue weighted by Crippen LogP contribution is -2.58. The van der Waals surface area contributed by atoms with Crippen LogP contribution < -0.4 is 15.4 Å². The first-order chi connectivity index (χ1) is 25.1.